The fourth-order valence-corrected chi connectivity index (χ4v) is 0. The van der Waals surface area contributed by atoms with Gasteiger partial charge in [0.25, 0.3) is 0 Å². The van der Waals surface area contributed by atoms with Gasteiger partial charge in [0.2, 0.25) is 0 Å². The van der Waals surface area contributed by atoms with Crippen molar-refractivity contribution < 1.29 is 34.6 Å². The van der Waals surface area contributed by atoms with Crippen LogP contribution in [0, 0.1) is 35.5 Å². The first-order chi connectivity index (χ1) is 5.00. The normalized spacial score (nSPS) is 5.33. The maximum Gasteiger partial charge on any atom is 0.394 e. The predicted molar refractivity (Wildman–Crippen MR) is 34.2 cm³/mol. The molecule has 0 fully saturated rings. The van der Waals surface area contributed by atoms with Crippen molar-refractivity contribution in [2.24, 2.45) is 0 Å². The van der Waals surface area contributed by atoms with Gasteiger partial charge in [-0.15, -0.1) is 0 Å². The second-order valence-corrected chi connectivity index (χ2v) is 1.34. The molecule has 0 bridgehead atoms. The molecule has 0 aliphatic heterocycles. The summed E-state index contributed by atoms with van der Waals surface area (Å²) in [5.74, 6) is 0. The quantitative estimate of drug-likeness (QED) is 0.440. The third-order valence-electron chi connectivity index (χ3n) is 0. The van der Waals surface area contributed by atoms with E-state index in [1.165, 1.54) is 0 Å². The van der Waals surface area contributed by atoms with Crippen LogP contribution in [0.5, 0.6) is 0 Å². The zero-order valence-corrected chi connectivity index (χ0v) is 7.25. The maximum atomic E-state index is 8.74. The Morgan fingerprint density at radius 3 is 0.833 bits per heavy atom. The van der Waals surface area contributed by atoms with Crippen LogP contribution in [0.4, 0.5) is 0 Å². The molecular weight excluding hydrogens is 238 g/mol. The molecule has 0 saturated heterocycles. The van der Waals surface area contributed by atoms with Gasteiger partial charge < -0.3 is 0 Å². The van der Waals surface area contributed by atoms with Crippen LogP contribution in [0.2, 0.25) is 0 Å². The summed E-state index contributed by atoms with van der Waals surface area (Å²) in [5.41, 5.74) is 0. The average molecular weight is 243 g/mol. The van der Waals surface area contributed by atoms with Gasteiger partial charge in [-0.05, 0) is 0 Å². The summed E-state index contributed by atoms with van der Waals surface area (Å²) < 4.78 is 31.6. The van der Waals surface area contributed by atoms with Crippen molar-refractivity contribution in [3.05, 3.63) is 0 Å². The number of hydrogen-bond donors (Lipinski definition) is 2. The number of rotatable bonds is 0. The molecule has 0 aliphatic carbocycles. The molecule has 1 radical (unpaired) electrons. The molecule has 73 valence electrons. The molecule has 0 atom stereocenters. The summed E-state index contributed by atoms with van der Waals surface area (Å²) in [6, 6.07) is 0. The van der Waals surface area contributed by atoms with Crippen LogP contribution in [0.15, 0.2) is 0 Å². The Morgan fingerprint density at radius 2 is 0.833 bits per heavy atom. The van der Waals surface area contributed by atoms with Crippen LogP contribution in [-0.4, -0.2) is 17.5 Å². The van der Waals surface area contributed by atoms with Gasteiger partial charge in [0, 0.05) is 36.8 Å². The van der Waals surface area contributed by atoms with Gasteiger partial charge in [0.05, 0.1) is 0 Å². The third-order valence-corrected chi connectivity index (χ3v) is 0. The van der Waals surface area contributed by atoms with Crippen LogP contribution in [0.3, 0.4) is 0 Å². The second kappa shape index (κ2) is 32.8. The number of nitrogens with zero attached hydrogens (tertiary/aromatic N) is 3. The molecule has 0 aromatic carbocycles. The van der Waals surface area contributed by atoms with E-state index in [-0.39, 0.29) is 17.1 Å². The minimum Gasteiger partial charge on any atom is -0.264 e. The Labute approximate surface area is 80.9 Å². The van der Waals surface area contributed by atoms with Crippen molar-refractivity contribution in [1.82, 2.24) is 0 Å². The standard InChI is InChI=1S/3CHN.Cu.H2O4S/c3*1-2;;1-5(2,3)4/h3*1H;;(H2,1,2,3,4). The van der Waals surface area contributed by atoms with E-state index in [0.29, 0.717) is 0 Å². The monoisotopic (exact) mass is 242 g/mol. The molecule has 0 rings (SSSR count). The van der Waals surface area contributed by atoms with E-state index in [4.69, 9.17) is 33.3 Å². The van der Waals surface area contributed by atoms with E-state index in [9.17, 15) is 0 Å². The zero-order chi connectivity index (χ0) is 10.5. The van der Waals surface area contributed by atoms with Crippen molar-refractivity contribution in [3.63, 3.8) is 0 Å². The summed E-state index contributed by atoms with van der Waals surface area (Å²) in [5, 5.41) is 19.5. The molecule has 7 nitrogen and oxygen atoms in total. The van der Waals surface area contributed by atoms with Gasteiger partial charge >= 0.3 is 10.4 Å². The molecule has 0 spiro atoms. The molecule has 0 aliphatic rings. The van der Waals surface area contributed by atoms with Crippen LogP contribution in [-0.2, 0) is 27.5 Å². The van der Waals surface area contributed by atoms with Crippen molar-refractivity contribution >= 4 is 10.4 Å². The summed E-state index contributed by atoms with van der Waals surface area (Å²) in [4.78, 5) is 0. The van der Waals surface area contributed by atoms with Crippen molar-refractivity contribution in [3.8, 4) is 19.7 Å². The average Bonchev–Trinajstić information content (AvgIpc) is 1.96. The predicted octanol–water partition coefficient (Wildman–Crippen LogP) is -0.236. The molecular formula is C3H5CuN3O4S. The number of nitriles is 3. The van der Waals surface area contributed by atoms with E-state index in [1.807, 2.05) is 0 Å². The summed E-state index contributed by atoms with van der Waals surface area (Å²) in [6.45, 7) is 10.5. The molecule has 0 aromatic heterocycles. The van der Waals surface area contributed by atoms with E-state index >= 15 is 0 Å². The number of hydrogen-bond acceptors (Lipinski definition) is 5. The Kier molecular flexibility index (Phi) is 84.0. The molecule has 0 heterocycles. The first-order valence-corrected chi connectivity index (χ1v) is 2.87. The van der Waals surface area contributed by atoms with Crippen molar-refractivity contribution in [2.45, 2.75) is 0 Å². The fourth-order valence-electron chi connectivity index (χ4n) is 0. The Hall–Kier alpha value is -1.14. The zero-order valence-electron chi connectivity index (χ0n) is 5.49. The molecule has 0 saturated carbocycles. The first-order valence-electron chi connectivity index (χ1n) is 1.47. The molecule has 0 aromatic rings. The van der Waals surface area contributed by atoms with Crippen molar-refractivity contribution in [1.29, 1.82) is 15.8 Å². The minimum atomic E-state index is -4.67. The summed E-state index contributed by atoms with van der Waals surface area (Å²) >= 11 is 0. The molecule has 2 N–H and O–H groups in total. The molecule has 0 unspecified atom stereocenters. The topological polar surface area (TPSA) is 146 Å². The van der Waals surface area contributed by atoms with E-state index in [0.717, 1.165) is 0 Å². The van der Waals surface area contributed by atoms with Crippen LogP contribution >= 0.6 is 0 Å². The Balaban J connectivity index is -0.0000000203. The van der Waals surface area contributed by atoms with Crippen LogP contribution in [0.1, 0.15) is 0 Å². The fraction of sp³-hybridized carbons (Fsp3) is 0. The van der Waals surface area contributed by atoms with E-state index < -0.39 is 10.4 Å². The maximum absolute atomic E-state index is 8.74. The van der Waals surface area contributed by atoms with Gasteiger partial charge in [0.1, 0.15) is 0 Å². The third kappa shape index (κ3) is 421. The second-order valence-electron chi connectivity index (χ2n) is 0.448. The Bertz CT molecular complexity index is 183. The van der Waals surface area contributed by atoms with Gasteiger partial charge in [-0.2, -0.15) is 8.42 Å². The van der Waals surface area contributed by atoms with Gasteiger partial charge in [-0.1, -0.05) is 0 Å². The summed E-state index contributed by atoms with van der Waals surface area (Å²) in [6.07, 6.45) is 0. The SMILES string of the molecule is C#N.C#N.C#N.O=S(=O)(O)O.[Cu]. The molecule has 0 amide bonds. The minimum absolute atomic E-state index is 0. The van der Waals surface area contributed by atoms with Crippen LogP contribution in [0.25, 0.3) is 0 Å². The van der Waals surface area contributed by atoms with Crippen molar-refractivity contribution in [2.75, 3.05) is 0 Å². The van der Waals surface area contributed by atoms with Gasteiger partial charge in [-0.25, -0.2) is 15.8 Å². The van der Waals surface area contributed by atoms with Gasteiger partial charge in [-0.3, -0.25) is 9.11 Å². The largest absolute Gasteiger partial charge is 0.394 e. The smallest absolute Gasteiger partial charge is 0.264 e. The Morgan fingerprint density at radius 1 is 0.833 bits per heavy atom. The van der Waals surface area contributed by atoms with E-state index in [1.54, 1.807) is 0 Å². The first kappa shape index (κ1) is 30.7. The van der Waals surface area contributed by atoms with Crippen LogP contribution < -0.4 is 0 Å². The molecule has 12 heavy (non-hydrogen) atoms. The van der Waals surface area contributed by atoms with Gasteiger partial charge in [0.15, 0.2) is 0 Å². The van der Waals surface area contributed by atoms with E-state index in [2.05, 4.69) is 19.7 Å². The summed E-state index contributed by atoms with van der Waals surface area (Å²) in [7, 11) is -4.67. The molecule has 9 heteroatoms.